The Balaban J connectivity index is 2.33. The van der Waals surface area contributed by atoms with Gasteiger partial charge in [-0.25, -0.2) is 0 Å². The van der Waals surface area contributed by atoms with Crippen LogP contribution in [0.5, 0.6) is 0 Å². The van der Waals surface area contributed by atoms with E-state index in [4.69, 9.17) is 0 Å². The molecule has 0 aromatic heterocycles. The summed E-state index contributed by atoms with van der Waals surface area (Å²) in [7, 11) is 0. The molecule has 0 heterocycles. The van der Waals surface area contributed by atoms with E-state index in [1.807, 2.05) is 13.0 Å². The highest BCUT2D eigenvalue weighted by Crippen LogP contribution is 2.20. The molecule has 0 radical (unpaired) electrons. The van der Waals surface area contributed by atoms with E-state index in [1.54, 1.807) is 0 Å². The first-order valence-corrected chi connectivity index (χ1v) is 5.96. The van der Waals surface area contributed by atoms with Gasteiger partial charge < -0.3 is 0 Å². The number of hydrogen-bond donors (Lipinski definition) is 0. The first-order chi connectivity index (χ1) is 7.58. The van der Waals surface area contributed by atoms with E-state index in [0.29, 0.717) is 5.92 Å². The zero-order valence-corrected chi connectivity index (χ0v) is 10.5. The summed E-state index contributed by atoms with van der Waals surface area (Å²) >= 11 is 0. The van der Waals surface area contributed by atoms with Crippen molar-refractivity contribution in [2.75, 3.05) is 0 Å². The van der Waals surface area contributed by atoms with Gasteiger partial charge in [-0.3, -0.25) is 0 Å². The Labute approximate surface area is 99.8 Å². The molecule has 86 valence electrons. The highest BCUT2D eigenvalue weighted by atomic mass is 14.1. The average molecular weight is 214 g/mol. The number of rotatable bonds is 5. The molecule has 0 bridgehead atoms. The summed E-state index contributed by atoms with van der Waals surface area (Å²) in [6, 6.07) is 0. The molecule has 1 aliphatic carbocycles. The normalized spacial score (nSPS) is 19.9. The van der Waals surface area contributed by atoms with Gasteiger partial charge in [0.15, 0.2) is 0 Å². The Morgan fingerprint density at radius 2 is 2.19 bits per heavy atom. The van der Waals surface area contributed by atoms with Crippen LogP contribution in [0.2, 0.25) is 0 Å². The lowest BCUT2D eigenvalue weighted by Crippen LogP contribution is -1.94. The second-order valence-corrected chi connectivity index (χ2v) is 4.69. The minimum Gasteiger partial charge on any atom is -0.0961 e. The van der Waals surface area contributed by atoms with Gasteiger partial charge in [0.1, 0.15) is 0 Å². The van der Waals surface area contributed by atoms with Gasteiger partial charge in [0.05, 0.1) is 0 Å². The van der Waals surface area contributed by atoms with E-state index in [9.17, 15) is 0 Å². The van der Waals surface area contributed by atoms with Crippen molar-refractivity contribution in [3.63, 3.8) is 0 Å². The van der Waals surface area contributed by atoms with E-state index in [0.717, 1.165) is 18.4 Å². The second-order valence-electron chi connectivity index (χ2n) is 4.69. The van der Waals surface area contributed by atoms with E-state index in [-0.39, 0.29) is 0 Å². The molecule has 0 saturated carbocycles. The van der Waals surface area contributed by atoms with Crippen LogP contribution < -0.4 is 0 Å². The first kappa shape index (κ1) is 12.8. The van der Waals surface area contributed by atoms with E-state index in [1.165, 1.54) is 17.6 Å². The van der Waals surface area contributed by atoms with Crippen LogP contribution in [0.1, 0.15) is 33.1 Å². The van der Waals surface area contributed by atoms with E-state index in [2.05, 4.69) is 44.4 Å². The fourth-order valence-corrected chi connectivity index (χ4v) is 1.61. The zero-order valence-electron chi connectivity index (χ0n) is 10.5. The van der Waals surface area contributed by atoms with Gasteiger partial charge in [0.2, 0.25) is 0 Å². The van der Waals surface area contributed by atoms with Crippen LogP contribution in [0.3, 0.4) is 0 Å². The maximum Gasteiger partial charge on any atom is -0.0224 e. The molecule has 0 heteroatoms. The summed E-state index contributed by atoms with van der Waals surface area (Å²) in [4.78, 5) is 0. The van der Waals surface area contributed by atoms with Crippen molar-refractivity contribution in [1.29, 1.82) is 0 Å². The molecule has 1 atom stereocenters. The SMILES string of the molecule is C=C(C)/C=C\C(=C)CCC1=CCC(C)C=C1. The summed E-state index contributed by atoms with van der Waals surface area (Å²) in [5.41, 5.74) is 3.70. The summed E-state index contributed by atoms with van der Waals surface area (Å²) < 4.78 is 0. The smallest absolute Gasteiger partial charge is 0.0224 e. The van der Waals surface area contributed by atoms with Crippen molar-refractivity contribution < 1.29 is 0 Å². The molecule has 0 spiro atoms. The molecule has 1 unspecified atom stereocenters. The lowest BCUT2D eigenvalue weighted by Gasteiger charge is -2.11. The zero-order chi connectivity index (χ0) is 12.0. The van der Waals surface area contributed by atoms with Crippen LogP contribution in [0.4, 0.5) is 0 Å². The van der Waals surface area contributed by atoms with E-state index < -0.39 is 0 Å². The molecule has 0 N–H and O–H groups in total. The van der Waals surface area contributed by atoms with Crippen molar-refractivity contribution in [3.05, 3.63) is 60.3 Å². The molecule has 0 amide bonds. The maximum absolute atomic E-state index is 4.05. The molecule has 1 aliphatic rings. The fraction of sp³-hybridized carbons (Fsp3) is 0.375. The topological polar surface area (TPSA) is 0 Å². The second kappa shape index (κ2) is 6.32. The third kappa shape index (κ3) is 4.97. The summed E-state index contributed by atoms with van der Waals surface area (Å²) in [6.07, 6.45) is 14.3. The third-order valence-corrected chi connectivity index (χ3v) is 2.73. The highest BCUT2D eigenvalue weighted by Gasteiger charge is 2.03. The van der Waals surface area contributed by atoms with Crippen molar-refractivity contribution in [1.82, 2.24) is 0 Å². The molecule has 16 heavy (non-hydrogen) atoms. The minimum absolute atomic E-state index is 0.704. The molecule has 0 fully saturated rings. The van der Waals surface area contributed by atoms with E-state index >= 15 is 0 Å². The molecule has 0 aromatic carbocycles. The molecule has 0 aromatic rings. The minimum atomic E-state index is 0.704. The van der Waals surface area contributed by atoms with Crippen LogP contribution in [-0.2, 0) is 0 Å². The first-order valence-electron chi connectivity index (χ1n) is 5.96. The third-order valence-electron chi connectivity index (χ3n) is 2.73. The Morgan fingerprint density at radius 3 is 2.75 bits per heavy atom. The van der Waals surface area contributed by atoms with Crippen LogP contribution in [-0.4, -0.2) is 0 Å². The lowest BCUT2D eigenvalue weighted by molar-refractivity contribution is 0.724. The monoisotopic (exact) mass is 214 g/mol. The Hall–Kier alpha value is -1.30. The lowest BCUT2D eigenvalue weighted by atomic mass is 9.95. The van der Waals surface area contributed by atoms with Gasteiger partial charge in [-0.15, -0.1) is 0 Å². The largest absolute Gasteiger partial charge is 0.0961 e. The summed E-state index contributed by atoms with van der Waals surface area (Å²) in [6.45, 7) is 12.1. The van der Waals surface area contributed by atoms with Crippen LogP contribution in [0.25, 0.3) is 0 Å². The quantitative estimate of drug-likeness (QED) is 0.566. The van der Waals surface area contributed by atoms with Crippen molar-refractivity contribution in [3.8, 4) is 0 Å². The fourth-order valence-electron chi connectivity index (χ4n) is 1.61. The van der Waals surface area contributed by atoms with Gasteiger partial charge >= 0.3 is 0 Å². The Bertz CT molecular complexity index is 350. The van der Waals surface area contributed by atoms with Crippen LogP contribution in [0, 0.1) is 5.92 Å². The summed E-state index contributed by atoms with van der Waals surface area (Å²) in [5, 5.41) is 0. The summed E-state index contributed by atoms with van der Waals surface area (Å²) in [5.74, 6) is 0.704. The maximum atomic E-state index is 4.05. The molecule has 0 nitrogen and oxygen atoms in total. The number of allylic oxidation sites excluding steroid dienone is 8. The predicted molar refractivity (Wildman–Crippen MR) is 73.3 cm³/mol. The Morgan fingerprint density at radius 1 is 1.44 bits per heavy atom. The van der Waals surface area contributed by atoms with Crippen molar-refractivity contribution >= 4 is 0 Å². The van der Waals surface area contributed by atoms with Gasteiger partial charge in [-0.1, -0.05) is 67.2 Å². The molecule has 0 saturated heterocycles. The van der Waals surface area contributed by atoms with Crippen molar-refractivity contribution in [2.24, 2.45) is 5.92 Å². The van der Waals surface area contributed by atoms with Gasteiger partial charge in [-0.05, 0) is 32.1 Å². The van der Waals surface area contributed by atoms with Crippen LogP contribution >= 0.6 is 0 Å². The molecule has 1 rings (SSSR count). The Kier molecular flexibility index (Phi) is 5.04. The standard InChI is InChI=1S/C16H22/c1-13(2)5-6-14(3)7-10-16-11-8-15(4)9-12-16/h5-6,8,11-12,15H,1,3,7,9-10H2,2,4H3/b6-5-. The molecular weight excluding hydrogens is 192 g/mol. The van der Waals surface area contributed by atoms with Gasteiger partial charge in [0, 0.05) is 0 Å². The number of hydrogen-bond acceptors (Lipinski definition) is 0. The highest BCUT2D eigenvalue weighted by molar-refractivity contribution is 5.27. The molecular formula is C16H22. The average Bonchev–Trinajstić information content (AvgIpc) is 2.25. The van der Waals surface area contributed by atoms with Crippen molar-refractivity contribution in [2.45, 2.75) is 33.1 Å². The van der Waals surface area contributed by atoms with Gasteiger partial charge in [-0.2, -0.15) is 0 Å². The van der Waals surface area contributed by atoms with Crippen LogP contribution in [0.15, 0.2) is 60.3 Å². The predicted octanol–water partition coefficient (Wildman–Crippen LogP) is 4.98. The van der Waals surface area contributed by atoms with Gasteiger partial charge in [0.25, 0.3) is 0 Å². The molecule has 0 aliphatic heterocycles.